The molecule has 0 fully saturated rings. The zero-order chi connectivity index (χ0) is 8.85. The second-order valence-corrected chi connectivity index (χ2v) is 2.97. The minimum atomic E-state index is -1.13. The molecule has 0 amide bonds. The quantitative estimate of drug-likeness (QED) is 0.544. The van der Waals surface area contributed by atoms with Crippen molar-refractivity contribution in [3.63, 3.8) is 0 Å². The van der Waals surface area contributed by atoms with Gasteiger partial charge in [-0.15, -0.1) is 0 Å². The molecule has 0 spiro atoms. The standard InChI is InChI=1S/C5H11FN2O2S/c6-11-3(2-7)1-4(8)5(9)10/h3-4H,1-2,7-8H2,(H,9,10). The van der Waals surface area contributed by atoms with E-state index in [0.717, 1.165) is 0 Å². The third-order valence-corrected chi connectivity index (χ3v) is 1.86. The highest BCUT2D eigenvalue weighted by molar-refractivity contribution is 7.94. The molecule has 0 saturated carbocycles. The Balaban J connectivity index is 3.71. The number of carboxylic acids is 1. The summed E-state index contributed by atoms with van der Waals surface area (Å²) < 4.78 is 11.9. The number of hydrogen-bond acceptors (Lipinski definition) is 4. The van der Waals surface area contributed by atoms with Gasteiger partial charge in [-0.25, -0.2) is 0 Å². The lowest BCUT2D eigenvalue weighted by Gasteiger charge is -2.11. The monoisotopic (exact) mass is 182 g/mol. The summed E-state index contributed by atoms with van der Waals surface area (Å²) in [7, 11) is 0. The average Bonchev–Trinajstić information content (AvgIpc) is 1.99. The van der Waals surface area contributed by atoms with Crippen LogP contribution in [0.2, 0.25) is 0 Å². The molecular formula is C5H11FN2O2S. The SMILES string of the molecule is NCC(CC(N)C(=O)O)SF. The normalized spacial score (nSPS) is 15.9. The van der Waals surface area contributed by atoms with Gasteiger partial charge in [0.25, 0.3) is 0 Å². The van der Waals surface area contributed by atoms with Crippen LogP contribution in [0.3, 0.4) is 0 Å². The Bertz CT molecular complexity index is 132. The minimum Gasteiger partial charge on any atom is -0.480 e. The molecule has 5 N–H and O–H groups in total. The number of carbonyl (C=O) groups is 1. The summed E-state index contributed by atoms with van der Waals surface area (Å²) in [6.07, 6.45) is 0.0625. The maximum absolute atomic E-state index is 11.9. The van der Waals surface area contributed by atoms with E-state index >= 15 is 0 Å². The van der Waals surface area contributed by atoms with Gasteiger partial charge in [-0.3, -0.25) is 4.79 Å². The first-order chi connectivity index (χ1) is 5.11. The first-order valence-electron chi connectivity index (χ1n) is 3.07. The van der Waals surface area contributed by atoms with Crippen LogP contribution in [0.5, 0.6) is 0 Å². The molecule has 0 saturated heterocycles. The van der Waals surface area contributed by atoms with Crippen molar-refractivity contribution in [3.8, 4) is 0 Å². The molecule has 2 unspecified atom stereocenters. The van der Waals surface area contributed by atoms with Crippen molar-refractivity contribution in [3.05, 3.63) is 0 Å². The van der Waals surface area contributed by atoms with Gasteiger partial charge in [0.1, 0.15) is 6.04 Å². The summed E-state index contributed by atoms with van der Waals surface area (Å²) in [6, 6.07) is -1.02. The highest BCUT2D eigenvalue weighted by Gasteiger charge is 2.18. The molecule has 0 aliphatic rings. The van der Waals surface area contributed by atoms with Crippen LogP contribution < -0.4 is 11.5 Å². The van der Waals surface area contributed by atoms with Gasteiger partial charge < -0.3 is 16.6 Å². The maximum atomic E-state index is 11.9. The Morgan fingerprint density at radius 2 is 2.27 bits per heavy atom. The molecule has 0 radical (unpaired) electrons. The largest absolute Gasteiger partial charge is 0.480 e. The number of halogens is 1. The van der Waals surface area contributed by atoms with Gasteiger partial charge in [0.2, 0.25) is 0 Å². The fourth-order valence-corrected chi connectivity index (χ4v) is 0.906. The van der Waals surface area contributed by atoms with E-state index in [2.05, 4.69) is 0 Å². The fourth-order valence-electron chi connectivity index (χ4n) is 0.553. The van der Waals surface area contributed by atoms with Gasteiger partial charge in [-0.2, -0.15) is 3.89 Å². The van der Waals surface area contributed by atoms with Gasteiger partial charge in [-0.1, -0.05) is 0 Å². The highest BCUT2D eigenvalue weighted by atomic mass is 32.2. The molecule has 0 aromatic carbocycles. The molecule has 0 aromatic heterocycles. The molecule has 66 valence electrons. The number of nitrogens with two attached hydrogens (primary N) is 2. The van der Waals surface area contributed by atoms with E-state index in [9.17, 15) is 8.68 Å². The van der Waals surface area contributed by atoms with Crippen molar-refractivity contribution in [2.45, 2.75) is 17.7 Å². The molecule has 4 nitrogen and oxygen atoms in total. The second-order valence-electron chi connectivity index (χ2n) is 2.13. The van der Waals surface area contributed by atoms with E-state index in [-0.39, 0.29) is 25.1 Å². The first-order valence-corrected chi connectivity index (χ1v) is 3.85. The number of rotatable bonds is 5. The zero-order valence-corrected chi connectivity index (χ0v) is 6.68. The highest BCUT2D eigenvalue weighted by Crippen LogP contribution is 2.15. The summed E-state index contributed by atoms with van der Waals surface area (Å²) in [5.41, 5.74) is 10.3. The molecule has 0 aliphatic heterocycles. The molecule has 2 atom stereocenters. The number of aliphatic carboxylic acids is 1. The van der Waals surface area contributed by atoms with Crippen LogP contribution in [-0.4, -0.2) is 28.9 Å². The lowest BCUT2D eigenvalue weighted by molar-refractivity contribution is -0.138. The fraction of sp³-hybridized carbons (Fsp3) is 0.800. The summed E-state index contributed by atoms with van der Waals surface area (Å²) in [6.45, 7) is 0.0994. The molecule has 11 heavy (non-hydrogen) atoms. The van der Waals surface area contributed by atoms with Crippen molar-refractivity contribution < 1.29 is 13.8 Å². The third-order valence-electron chi connectivity index (χ3n) is 1.22. The van der Waals surface area contributed by atoms with Gasteiger partial charge in [0.15, 0.2) is 0 Å². The molecular weight excluding hydrogens is 171 g/mol. The summed E-state index contributed by atoms with van der Waals surface area (Å²) in [4.78, 5) is 10.2. The summed E-state index contributed by atoms with van der Waals surface area (Å²) in [5.74, 6) is -1.13. The van der Waals surface area contributed by atoms with Crippen molar-refractivity contribution in [2.75, 3.05) is 6.54 Å². The van der Waals surface area contributed by atoms with Crippen molar-refractivity contribution in [1.82, 2.24) is 0 Å². The van der Waals surface area contributed by atoms with Crippen molar-refractivity contribution >= 4 is 18.1 Å². The molecule has 0 heterocycles. The summed E-state index contributed by atoms with van der Waals surface area (Å²) >= 11 is 0.0473. The van der Waals surface area contributed by atoms with Gasteiger partial charge in [0.05, 0.1) is 5.25 Å². The predicted molar refractivity (Wildman–Crippen MR) is 41.8 cm³/mol. The van der Waals surface area contributed by atoms with E-state index in [1.807, 2.05) is 0 Å². The Morgan fingerprint density at radius 1 is 1.73 bits per heavy atom. The van der Waals surface area contributed by atoms with Crippen LogP contribution in [0.1, 0.15) is 6.42 Å². The first kappa shape index (κ1) is 10.7. The number of hydrogen-bond donors (Lipinski definition) is 3. The van der Waals surface area contributed by atoms with Gasteiger partial charge in [0, 0.05) is 18.7 Å². The van der Waals surface area contributed by atoms with Crippen molar-refractivity contribution in [2.24, 2.45) is 11.5 Å². The second kappa shape index (κ2) is 5.34. The van der Waals surface area contributed by atoms with Crippen LogP contribution >= 0.6 is 12.1 Å². The molecule has 0 aromatic rings. The average molecular weight is 182 g/mol. The van der Waals surface area contributed by atoms with E-state index in [1.54, 1.807) is 0 Å². The van der Waals surface area contributed by atoms with Crippen LogP contribution in [0.15, 0.2) is 0 Å². The maximum Gasteiger partial charge on any atom is 0.320 e. The smallest absolute Gasteiger partial charge is 0.320 e. The van der Waals surface area contributed by atoms with Crippen LogP contribution in [0.4, 0.5) is 3.89 Å². The molecule has 0 aliphatic carbocycles. The Morgan fingerprint density at radius 3 is 2.55 bits per heavy atom. The van der Waals surface area contributed by atoms with E-state index < -0.39 is 17.3 Å². The van der Waals surface area contributed by atoms with Crippen molar-refractivity contribution in [1.29, 1.82) is 0 Å². The minimum absolute atomic E-state index is 0.0473. The topological polar surface area (TPSA) is 89.3 Å². The lowest BCUT2D eigenvalue weighted by Crippen LogP contribution is -2.35. The summed E-state index contributed by atoms with van der Waals surface area (Å²) in [5, 5.41) is 7.81. The molecule has 6 heteroatoms. The van der Waals surface area contributed by atoms with E-state index in [4.69, 9.17) is 16.6 Å². The Hall–Kier alpha value is -0.330. The Kier molecular flexibility index (Phi) is 5.18. The Labute approximate surface area is 68.4 Å². The third kappa shape index (κ3) is 4.18. The van der Waals surface area contributed by atoms with E-state index in [1.165, 1.54) is 0 Å². The van der Waals surface area contributed by atoms with Crippen LogP contribution in [0, 0.1) is 0 Å². The van der Waals surface area contributed by atoms with Crippen LogP contribution in [0.25, 0.3) is 0 Å². The van der Waals surface area contributed by atoms with Gasteiger partial charge in [-0.05, 0) is 6.42 Å². The number of carboxylic acid groups (broad SMARTS) is 1. The molecule has 0 rings (SSSR count). The van der Waals surface area contributed by atoms with Gasteiger partial charge >= 0.3 is 5.97 Å². The lowest BCUT2D eigenvalue weighted by atomic mass is 10.2. The van der Waals surface area contributed by atoms with E-state index in [0.29, 0.717) is 0 Å². The zero-order valence-electron chi connectivity index (χ0n) is 5.87. The molecule has 0 bridgehead atoms. The van der Waals surface area contributed by atoms with Crippen LogP contribution in [-0.2, 0) is 4.79 Å². The predicted octanol–water partition coefficient (Wildman–Crippen LogP) is -0.267.